The van der Waals surface area contributed by atoms with Crippen molar-refractivity contribution in [2.75, 3.05) is 45.9 Å². The first-order valence-electron chi connectivity index (χ1n) is 8.97. The van der Waals surface area contributed by atoms with Crippen LogP contribution < -0.4 is 0 Å². The van der Waals surface area contributed by atoms with Gasteiger partial charge < -0.3 is 9.64 Å². The fourth-order valence-corrected chi connectivity index (χ4v) is 3.48. The standard InChI is InChI=1S/C20H25ClN2O2/c1-2-14-25-15-13-22-9-11-23(12-10-22)20(24)18-7-3-6-17-16(18)5-4-8-19(17)21/h3-8H,2,9-15H2,1H3. The van der Waals surface area contributed by atoms with E-state index in [1.165, 1.54) is 0 Å². The Labute approximate surface area is 154 Å². The van der Waals surface area contributed by atoms with Crippen LogP contribution in [-0.2, 0) is 4.74 Å². The number of fused-ring (bicyclic) bond motifs is 1. The van der Waals surface area contributed by atoms with Crippen LogP contribution in [0.4, 0.5) is 0 Å². The summed E-state index contributed by atoms with van der Waals surface area (Å²) in [6.45, 7) is 7.94. The van der Waals surface area contributed by atoms with Crippen LogP contribution in [-0.4, -0.2) is 61.6 Å². The zero-order valence-electron chi connectivity index (χ0n) is 14.7. The molecule has 134 valence electrons. The maximum atomic E-state index is 13.0. The highest BCUT2D eigenvalue weighted by Crippen LogP contribution is 2.27. The lowest BCUT2D eigenvalue weighted by molar-refractivity contribution is 0.0554. The second-order valence-corrected chi connectivity index (χ2v) is 6.79. The summed E-state index contributed by atoms with van der Waals surface area (Å²) < 4.78 is 5.55. The number of hydrogen-bond acceptors (Lipinski definition) is 3. The first-order chi connectivity index (χ1) is 12.2. The number of rotatable bonds is 6. The van der Waals surface area contributed by atoms with E-state index in [2.05, 4.69) is 11.8 Å². The van der Waals surface area contributed by atoms with Crippen molar-refractivity contribution in [2.24, 2.45) is 0 Å². The van der Waals surface area contributed by atoms with Gasteiger partial charge in [-0.2, -0.15) is 0 Å². The fourth-order valence-electron chi connectivity index (χ4n) is 3.24. The Hall–Kier alpha value is -1.62. The van der Waals surface area contributed by atoms with E-state index in [9.17, 15) is 4.79 Å². The summed E-state index contributed by atoms with van der Waals surface area (Å²) in [7, 11) is 0. The van der Waals surface area contributed by atoms with E-state index in [1.54, 1.807) is 0 Å². The van der Waals surface area contributed by atoms with Gasteiger partial charge in [-0.05, 0) is 23.9 Å². The SMILES string of the molecule is CCCOCCN1CCN(C(=O)c2cccc3c(Cl)cccc23)CC1. The van der Waals surface area contributed by atoms with E-state index < -0.39 is 0 Å². The van der Waals surface area contributed by atoms with Crippen LogP contribution in [0.2, 0.25) is 5.02 Å². The summed E-state index contributed by atoms with van der Waals surface area (Å²) in [6, 6.07) is 11.5. The molecular formula is C20H25ClN2O2. The van der Waals surface area contributed by atoms with Crippen LogP contribution in [0.25, 0.3) is 10.8 Å². The Morgan fingerprint density at radius 1 is 1.04 bits per heavy atom. The summed E-state index contributed by atoms with van der Waals surface area (Å²) in [5.41, 5.74) is 0.736. The van der Waals surface area contributed by atoms with Crippen molar-refractivity contribution in [1.29, 1.82) is 0 Å². The number of piperazine rings is 1. The normalized spacial score (nSPS) is 15.7. The number of carbonyl (C=O) groups is 1. The van der Waals surface area contributed by atoms with Crippen molar-refractivity contribution >= 4 is 28.3 Å². The second-order valence-electron chi connectivity index (χ2n) is 6.39. The average Bonchev–Trinajstić information content (AvgIpc) is 2.65. The number of amides is 1. The van der Waals surface area contributed by atoms with Crippen LogP contribution >= 0.6 is 11.6 Å². The number of carbonyl (C=O) groups excluding carboxylic acids is 1. The zero-order chi connectivity index (χ0) is 17.6. The number of benzene rings is 2. The Morgan fingerprint density at radius 3 is 2.52 bits per heavy atom. The van der Waals surface area contributed by atoms with Crippen molar-refractivity contribution in [3.8, 4) is 0 Å². The van der Waals surface area contributed by atoms with Gasteiger partial charge in [-0.15, -0.1) is 0 Å². The van der Waals surface area contributed by atoms with Crippen molar-refractivity contribution in [3.05, 3.63) is 47.0 Å². The molecule has 0 atom stereocenters. The maximum absolute atomic E-state index is 13.0. The predicted octanol–water partition coefficient (Wildman–Crippen LogP) is 3.68. The molecule has 2 aromatic carbocycles. The number of hydrogen-bond donors (Lipinski definition) is 0. The van der Waals surface area contributed by atoms with Gasteiger partial charge in [-0.3, -0.25) is 9.69 Å². The maximum Gasteiger partial charge on any atom is 0.254 e. The highest BCUT2D eigenvalue weighted by molar-refractivity contribution is 6.36. The summed E-state index contributed by atoms with van der Waals surface area (Å²) in [4.78, 5) is 17.3. The van der Waals surface area contributed by atoms with Gasteiger partial charge in [0.2, 0.25) is 0 Å². The largest absolute Gasteiger partial charge is 0.380 e. The van der Waals surface area contributed by atoms with E-state index in [4.69, 9.17) is 16.3 Å². The van der Waals surface area contributed by atoms with Gasteiger partial charge in [0, 0.05) is 55.3 Å². The topological polar surface area (TPSA) is 32.8 Å². The van der Waals surface area contributed by atoms with Gasteiger partial charge in [0.15, 0.2) is 0 Å². The van der Waals surface area contributed by atoms with Crippen molar-refractivity contribution in [1.82, 2.24) is 9.80 Å². The van der Waals surface area contributed by atoms with Crippen LogP contribution in [0, 0.1) is 0 Å². The summed E-state index contributed by atoms with van der Waals surface area (Å²) in [5.74, 6) is 0.0924. The van der Waals surface area contributed by atoms with Crippen LogP contribution in [0.15, 0.2) is 36.4 Å². The molecule has 1 aliphatic rings. The van der Waals surface area contributed by atoms with Crippen LogP contribution in [0.1, 0.15) is 23.7 Å². The predicted molar refractivity (Wildman–Crippen MR) is 102 cm³/mol. The molecule has 0 bridgehead atoms. The molecule has 4 nitrogen and oxygen atoms in total. The van der Waals surface area contributed by atoms with Crippen molar-refractivity contribution in [2.45, 2.75) is 13.3 Å². The number of ether oxygens (including phenoxy) is 1. The first kappa shape index (κ1) is 18.2. The molecule has 2 aromatic rings. The molecule has 0 N–H and O–H groups in total. The highest BCUT2D eigenvalue weighted by Gasteiger charge is 2.23. The van der Waals surface area contributed by atoms with Gasteiger partial charge in [0.25, 0.3) is 5.91 Å². The molecule has 5 heteroatoms. The third-order valence-electron chi connectivity index (χ3n) is 4.66. The molecule has 0 aromatic heterocycles. The van der Waals surface area contributed by atoms with E-state index in [1.807, 2.05) is 41.3 Å². The molecule has 0 saturated carbocycles. The van der Waals surface area contributed by atoms with E-state index in [0.717, 1.165) is 68.7 Å². The molecule has 1 amide bonds. The second kappa shape index (κ2) is 8.65. The lowest BCUT2D eigenvalue weighted by Crippen LogP contribution is -2.49. The summed E-state index contributed by atoms with van der Waals surface area (Å²) in [6.07, 6.45) is 1.05. The lowest BCUT2D eigenvalue weighted by atomic mass is 10.0. The molecule has 1 aliphatic heterocycles. The zero-order valence-corrected chi connectivity index (χ0v) is 15.5. The smallest absolute Gasteiger partial charge is 0.254 e. The molecule has 0 unspecified atom stereocenters. The molecule has 3 rings (SSSR count). The van der Waals surface area contributed by atoms with Gasteiger partial charge in [0.1, 0.15) is 0 Å². The molecular weight excluding hydrogens is 336 g/mol. The van der Waals surface area contributed by atoms with Gasteiger partial charge in [0.05, 0.1) is 6.61 Å². The third kappa shape index (κ3) is 4.32. The van der Waals surface area contributed by atoms with Crippen molar-refractivity contribution in [3.63, 3.8) is 0 Å². The molecule has 1 heterocycles. The van der Waals surface area contributed by atoms with Crippen molar-refractivity contribution < 1.29 is 9.53 Å². The van der Waals surface area contributed by atoms with Crippen LogP contribution in [0.5, 0.6) is 0 Å². The Kier molecular flexibility index (Phi) is 6.29. The third-order valence-corrected chi connectivity index (χ3v) is 4.99. The van der Waals surface area contributed by atoms with E-state index in [-0.39, 0.29) is 5.91 Å². The van der Waals surface area contributed by atoms with E-state index >= 15 is 0 Å². The van der Waals surface area contributed by atoms with Gasteiger partial charge in [-0.25, -0.2) is 0 Å². The molecule has 0 spiro atoms. The number of halogens is 1. The Morgan fingerprint density at radius 2 is 1.76 bits per heavy atom. The van der Waals surface area contributed by atoms with E-state index in [0.29, 0.717) is 5.02 Å². The minimum absolute atomic E-state index is 0.0924. The average molecular weight is 361 g/mol. The summed E-state index contributed by atoms with van der Waals surface area (Å²) >= 11 is 6.27. The first-order valence-corrected chi connectivity index (χ1v) is 9.35. The van der Waals surface area contributed by atoms with Gasteiger partial charge >= 0.3 is 0 Å². The lowest BCUT2D eigenvalue weighted by Gasteiger charge is -2.34. The quantitative estimate of drug-likeness (QED) is 0.737. The minimum atomic E-state index is 0.0924. The molecule has 0 radical (unpaired) electrons. The van der Waals surface area contributed by atoms with Crippen LogP contribution in [0.3, 0.4) is 0 Å². The molecule has 1 saturated heterocycles. The Balaban J connectivity index is 1.63. The minimum Gasteiger partial charge on any atom is -0.380 e. The monoisotopic (exact) mass is 360 g/mol. The molecule has 25 heavy (non-hydrogen) atoms. The molecule has 1 fully saturated rings. The highest BCUT2D eigenvalue weighted by atomic mass is 35.5. The fraction of sp³-hybridized carbons (Fsp3) is 0.450. The number of nitrogens with zero attached hydrogens (tertiary/aromatic N) is 2. The Bertz CT molecular complexity index is 727. The van der Waals surface area contributed by atoms with Gasteiger partial charge in [-0.1, -0.05) is 42.8 Å². The molecule has 0 aliphatic carbocycles. The summed E-state index contributed by atoms with van der Waals surface area (Å²) in [5, 5.41) is 2.54.